The Morgan fingerprint density at radius 1 is 1.29 bits per heavy atom. The van der Waals surface area contributed by atoms with Crippen molar-refractivity contribution >= 4 is 10.9 Å². The Morgan fingerprint density at radius 2 is 2.00 bits per heavy atom. The Labute approximate surface area is 82.0 Å². The van der Waals surface area contributed by atoms with E-state index in [0.717, 1.165) is 16.9 Å². The van der Waals surface area contributed by atoms with Gasteiger partial charge in [0.25, 0.3) is 5.56 Å². The molecule has 1 aromatic heterocycles. The molecule has 0 aliphatic rings. The molecule has 14 heavy (non-hydrogen) atoms. The molecule has 0 radical (unpaired) electrons. The minimum atomic E-state index is 0.0208. The van der Waals surface area contributed by atoms with E-state index in [1.165, 1.54) is 0 Å². The third kappa shape index (κ3) is 1.21. The van der Waals surface area contributed by atoms with Gasteiger partial charge in [0.05, 0.1) is 10.9 Å². The lowest BCUT2D eigenvalue weighted by Crippen LogP contribution is -2.20. The Hall–Kier alpha value is -1.64. The van der Waals surface area contributed by atoms with Gasteiger partial charge in [-0.15, -0.1) is 0 Å². The second-order valence-corrected chi connectivity index (χ2v) is 3.54. The fourth-order valence-electron chi connectivity index (χ4n) is 1.49. The highest BCUT2D eigenvalue weighted by molar-refractivity contribution is 5.78. The molecule has 0 saturated carbocycles. The summed E-state index contributed by atoms with van der Waals surface area (Å²) in [6.07, 6.45) is 0. The molecule has 2 aromatic rings. The zero-order chi connectivity index (χ0) is 10.3. The molecule has 0 spiro atoms. The van der Waals surface area contributed by atoms with E-state index >= 15 is 0 Å². The maximum Gasteiger partial charge on any atom is 0.261 e. The van der Waals surface area contributed by atoms with Crippen LogP contribution < -0.4 is 5.56 Å². The van der Waals surface area contributed by atoms with Crippen LogP contribution in [0, 0.1) is 13.8 Å². The van der Waals surface area contributed by atoms with Crippen LogP contribution in [0.2, 0.25) is 0 Å². The van der Waals surface area contributed by atoms with Gasteiger partial charge in [0.1, 0.15) is 5.82 Å². The highest BCUT2D eigenvalue weighted by Crippen LogP contribution is 2.09. The maximum atomic E-state index is 11.8. The van der Waals surface area contributed by atoms with Crippen molar-refractivity contribution in [1.82, 2.24) is 9.55 Å². The molecule has 1 aromatic carbocycles. The fourth-order valence-corrected chi connectivity index (χ4v) is 1.49. The lowest BCUT2D eigenvalue weighted by molar-refractivity contribution is 0.792. The first-order valence-corrected chi connectivity index (χ1v) is 4.53. The highest BCUT2D eigenvalue weighted by Gasteiger charge is 2.04. The van der Waals surface area contributed by atoms with Crippen molar-refractivity contribution < 1.29 is 0 Å². The minimum Gasteiger partial charge on any atom is -0.299 e. The summed E-state index contributed by atoms with van der Waals surface area (Å²) in [5.74, 6) is 0.744. The molecule has 0 aliphatic carbocycles. The van der Waals surface area contributed by atoms with Crippen LogP contribution in [-0.4, -0.2) is 9.55 Å². The smallest absolute Gasteiger partial charge is 0.261 e. The van der Waals surface area contributed by atoms with E-state index in [0.29, 0.717) is 5.39 Å². The summed E-state index contributed by atoms with van der Waals surface area (Å²) in [5.41, 5.74) is 1.93. The molecule has 0 unspecified atom stereocenters. The van der Waals surface area contributed by atoms with Crippen molar-refractivity contribution in [1.29, 1.82) is 0 Å². The van der Waals surface area contributed by atoms with Crippen molar-refractivity contribution in [3.63, 3.8) is 0 Å². The van der Waals surface area contributed by atoms with Gasteiger partial charge < -0.3 is 0 Å². The lowest BCUT2D eigenvalue weighted by atomic mass is 10.2. The first-order chi connectivity index (χ1) is 6.59. The summed E-state index contributed by atoms with van der Waals surface area (Å²) >= 11 is 0. The van der Waals surface area contributed by atoms with E-state index < -0.39 is 0 Å². The fraction of sp³-hybridized carbons (Fsp3) is 0.273. The monoisotopic (exact) mass is 188 g/mol. The predicted octanol–water partition coefficient (Wildman–Crippen LogP) is 1.55. The van der Waals surface area contributed by atoms with Gasteiger partial charge in [-0.25, -0.2) is 4.98 Å². The van der Waals surface area contributed by atoms with Crippen LogP contribution in [0.3, 0.4) is 0 Å². The lowest BCUT2D eigenvalue weighted by Gasteiger charge is -2.05. The largest absolute Gasteiger partial charge is 0.299 e. The van der Waals surface area contributed by atoms with E-state index in [-0.39, 0.29) is 5.56 Å². The third-order valence-electron chi connectivity index (χ3n) is 2.46. The quantitative estimate of drug-likeness (QED) is 0.628. The van der Waals surface area contributed by atoms with E-state index in [1.54, 1.807) is 11.6 Å². The molecule has 72 valence electrons. The van der Waals surface area contributed by atoms with E-state index in [4.69, 9.17) is 0 Å². The second-order valence-electron chi connectivity index (χ2n) is 3.54. The molecule has 0 N–H and O–H groups in total. The van der Waals surface area contributed by atoms with E-state index in [9.17, 15) is 4.79 Å². The van der Waals surface area contributed by atoms with Crippen LogP contribution >= 0.6 is 0 Å². The zero-order valence-corrected chi connectivity index (χ0v) is 8.53. The highest BCUT2D eigenvalue weighted by atomic mass is 16.1. The van der Waals surface area contributed by atoms with E-state index in [2.05, 4.69) is 4.98 Å². The summed E-state index contributed by atoms with van der Waals surface area (Å²) in [7, 11) is 1.74. The van der Waals surface area contributed by atoms with Crippen molar-refractivity contribution in [2.45, 2.75) is 13.8 Å². The number of hydrogen-bond donors (Lipinski definition) is 0. The summed E-state index contributed by atoms with van der Waals surface area (Å²) in [5, 5.41) is 0.684. The van der Waals surface area contributed by atoms with Gasteiger partial charge in [-0.3, -0.25) is 9.36 Å². The maximum absolute atomic E-state index is 11.8. The molecule has 0 saturated heterocycles. The Kier molecular flexibility index (Phi) is 1.88. The molecule has 1 heterocycles. The number of hydrogen-bond acceptors (Lipinski definition) is 2. The van der Waals surface area contributed by atoms with Gasteiger partial charge in [-0.2, -0.15) is 0 Å². The average molecular weight is 188 g/mol. The van der Waals surface area contributed by atoms with Gasteiger partial charge in [0.15, 0.2) is 0 Å². The topological polar surface area (TPSA) is 34.9 Å². The van der Waals surface area contributed by atoms with Crippen LogP contribution in [0.1, 0.15) is 11.4 Å². The second kappa shape index (κ2) is 2.94. The summed E-state index contributed by atoms with van der Waals surface area (Å²) in [6.45, 7) is 3.83. The molecule has 0 aliphatic heterocycles. The Bertz CT molecular complexity index is 555. The SMILES string of the molecule is Cc1ccc2c(=O)n(C)c(C)nc2c1. The normalized spacial score (nSPS) is 10.8. The molecule has 0 bridgehead atoms. The Balaban J connectivity index is 2.98. The first kappa shape index (κ1) is 8.94. The van der Waals surface area contributed by atoms with Crippen LogP contribution in [0.5, 0.6) is 0 Å². The molecule has 0 amide bonds. The van der Waals surface area contributed by atoms with Crippen LogP contribution in [0.15, 0.2) is 23.0 Å². The van der Waals surface area contributed by atoms with Crippen molar-refractivity contribution in [2.24, 2.45) is 7.05 Å². The first-order valence-electron chi connectivity index (χ1n) is 4.53. The molecular formula is C11H12N2O. The minimum absolute atomic E-state index is 0.0208. The molecule has 0 atom stereocenters. The standard InChI is InChI=1S/C11H12N2O/c1-7-4-5-9-10(6-7)12-8(2)13(3)11(9)14/h4-6H,1-3H3. The van der Waals surface area contributed by atoms with Crippen LogP contribution in [0.4, 0.5) is 0 Å². The number of nitrogens with zero attached hydrogens (tertiary/aromatic N) is 2. The van der Waals surface area contributed by atoms with Gasteiger partial charge in [0.2, 0.25) is 0 Å². The summed E-state index contributed by atoms with van der Waals surface area (Å²) in [6, 6.07) is 5.70. The molecule has 0 fully saturated rings. The predicted molar refractivity (Wildman–Crippen MR) is 56.5 cm³/mol. The van der Waals surface area contributed by atoms with Crippen molar-refractivity contribution in [2.75, 3.05) is 0 Å². The van der Waals surface area contributed by atoms with Gasteiger partial charge in [-0.05, 0) is 31.5 Å². The molecule has 2 rings (SSSR count). The molecule has 3 nitrogen and oxygen atoms in total. The third-order valence-corrected chi connectivity index (χ3v) is 2.46. The van der Waals surface area contributed by atoms with E-state index in [1.807, 2.05) is 32.0 Å². The van der Waals surface area contributed by atoms with Crippen molar-refractivity contribution in [3.8, 4) is 0 Å². The average Bonchev–Trinajstić information content (AvgIpc) is 2.14. The summed E-state index contributed by atoms with van der Waals surface area (Å²) < 4.78 is 1.57. The van der Waals surface area contributed by atoms with Gasteiger partial charge in [-0.1, -0.05) is 6.07 Å². The number of aromatic nitrogens is 2. The molecule has 3 heteroatoms. The molecular weight excluding hydrogens is 176 g/mol. The number of benzene rings is 1. The Morgan fingerprint density at radius 3 is 2.71 bits per heavy atom. The number of rotatable bonds is 0. The van der Waals surface area contributed by atoms with Crippen LogP contribution in [-0.2, 0) is 7.05 Å². The van der Waals surface area contributed by atoms with Gasteiger partial charge in [0, 0.05) is 7.05 Å². The number of fused-ring (bicyclic) bond motifs is 1. The van der Waals surface area contributed by atoms with Crippen LogP contribution in [0.25, 0.3) is 10.9 Å². The summed E-state index contributed by atoms with van der Waals surface area (Å²) in [4.78, 5) is 16.1. The number of aryl methyl sites for hydroxylation is 2. The van der Waals surface area contributed by atoms with Crippen molar-refractivity contribution in [3.05, 3.63) is 39.9 Å². The zero-order valence-electron chi connectivity index (χ0n) is 8.53. The van der Waals surface area contributed by atoms with Gasteiger partial charge >= 0.3 is 0 Å².